The summed E-state index contributed by atoms with van der Waals surface area (Å²) >= 11 is 1.61. The first-order chi connectivity index (χ1) is 15.1. The average Bonchev–Trinajstić information content (AvgIpc) is 3.18. The number of hydrogen-bond donors (Lipinski definition) is 1. The third-order valence-corrected chi connectivity index (χ3v) is 6.39. The van der Waals surface area contributed by atoms with Crippen molar-refractivity contribution in [1.82, 2.24) is 10.3 Å². The lowest BCUT2D eigenvalue weighted by Gasteiger charge is -2.24. The third-order valence-electron chi connectivity index (χ3n) is 5.14. The molecule has 4 rings (SSSR count). The van der Waals surface area contributed by atoms with Crippen LogP contribution in [0.2, 0.25) is 0 Å². The summed E-state index contributed by atoms with van der Waals surface area (Å²) in [7, 11) is 0. The number of hydrazone groups is 1. The zero-order chi connectivity index (χ0) is 21.6. The first-order valence-corrected chi connectivity index (χ1v) is 11.1. The highest BCUT2D eigenvalue weighted by Gasteiger charge is 2.32. The van der Waals surface area contributed by atoms with Crippen molar-refractivity contribution in [2.75, 3.05) is 5.75 Å². The van der Waals surface area contributed by atoms with Crippen LogP contribution >= 0.6 is 11.8 Å². The van der Waals surface area contributed by atoms with Gasteiger partial charge in [-0.1, -0.05) is 72.8 Å². The summed E-state index contributed by atoms with van der Waals surface area (Å²) in [5, 5.41) is 4.15. The van der Waals surface area contributed by atoms with Crippen LogP contribution in [0.1, 0.15) is 39.3 Å². The van der Waals surface area contributed by atoms with Crippen LogP contribution < -0.4 is 5.43 Å². The summed E-state index contributed by atoms with van der Waals surface area (Å²) in [5.74, 6) is 0.331. The fourth-order valence-corrected chi connectivity index (χ4v) is 4.61. The molecule has 3 aromatic rings. The number of hydrogen-bond acceptors (Lipinski definition) is 4. The standard InChI is InChI=1S/C25H23N3O2S/c1-18(20-10-6-3-7-11-20)26-27-24(30)21-12-14-22(15-13-21)25-28(23(29)17-31-25)16-19-8-4-2-5-9-19/h2-15,25H,16-17H2,1H3,(H,27,30)/b26-18-/t25-/m0/s1. The highest BCUT2D eigenvalue weighted by molar-refractivity contribution is 8.00. The Bertz CT molecular complexity index is 1080. The SMILES string of the molecule is C/C(=N/NC(=O)c1ccc([C@@H]2SCC(=O)N2Cc2ccccc2)cc1)c1ccccc1. The van der Waals surface area contributed by atoms with E-state index in [1.807, 2.05) is 84.6 Å². The molecule has 156 valence electrons. The molecular formula is C25H23N3O2S. The topological polar surface area (TPSA) is 61.8 Å². The van der Waals surface area contributed by atoms with E-state index in [9.17, 15) is 9.59 Å². The Hall–Kier alpha value is -3.38. The molecule has 31 heavy (non-hydrogen) atoms. The molecular weight excluding hydrogens is 406 g/mol. The van der Waals surface area contributed by atoms with Gasteiger partial charge in [0, 0.05) is 12.1 Å². The van der Waals surface area contributed by atoms with Crippen LogP contribution in [0.15, 0.2) is 90.0 Å². The third kappa shape index (κ3) is 5.03. The van der Waals surface area contributed by atoms with Crippen molar-refractivity contribution in [1.29, 1.82) is 0 Å². The fourth-order valence-electron chi connectivity index (χ4n) is 3.42. The average molecular weight is 430 g/mol. The molecule has 1 N–H and O–H groups in total. The van der Waals surface area contributed by atoms with E-state index in [2.05, 4.69) is 10.5 Å². The van der Waals surface area contributed by atoms with Gasteiger partial charge in [-0.2, -0.15) is 5.10 Å². The van der Waals surface area contributed by atoms with Crippen molar-refractivity contribution in [3.05, 3.63) is 107 Å². The summed E-state index contributed by atoms with van der Waals surface area (Å²) in [6, 6.07) is 27.1. The van der Waals surface area contributed by atoms with Crippen molar-refractivity contribution in [2.45, 2.75) is 18.8 Å². The van der Waals surface area contributed by atoms with Crippen LogP contribution in [0.4, 0.5) is 0 Å². The van der Waals surface area contributed by atoms with E-state index >= 15 is 0 Å². The van der Waals surface area contributed by atoms with Gasteiger partial charge >= 0.3 is 0 Å². The molecule has 0 aromatic heterocycles. The van der Waals surface area contributed by atoms with Crippen molar-refractivity contribution in [3.8, 4) is 0 Å². The molecule has 5 nitrogen and oxygen atoms in total. The Morgan fingerprint density at radius 3 is 2.29 bits per heavy atom. The van der Waals surface area contributed by atoms with E-state index in [0.717, 1.165) is 22.4 Å². The van der Waals surface area contributed by atoms with E-state index < -0.39 is 0 Å². The molecule has 1 fully saturated rings. The molecule has 6 heteroatoms. The van der Waals surface area contributed by atoms with Gasteiger partial charge in [0.1, 0.15) is 5.37 Å². The number of amides is 2. The van der Waals surface area contributed by atoms with Crippen LogP contribution in [0, 0.1) is 0 Å². The molecule has 0 spiro atoms. The quantitative estimate of drug-likeness (QED) is 0.460. The Labute approximate surface area is 186 Å². The monoisotopic (exact) mass is 429 g/mol. The normalized spacial score (nSPS) is 16.4. The van der Waals surface area contributed by atoms with Crippen molar-refractivity contribution in [3.63, 3.8) is 0 Å². The Morgan fingerprint density at radius 1 is 0.968 bits per heavy atom. The van der Waals surface area contributed by atoms with Crippen molar-refractivity contribution in [2.24, 2.45) is 5.10 Å². The zero-order valence-electron chi connectivity index (χ0n) is 17.2. The molecule has 0 saturated carbocycles. The first-order valence-electron chi connectivity index (χ1n) is 10.1. The first kappa shape index (κ1) is 20.9. The van der Waals surface area contributed by atoms with E-state index in [1.165, 1.54) is 0 Å². The van der Waals surface area contributed by atoms with Crippen LogP contribution in [0.25, 0.3) is 0 Å². The smallest absolute Gasteiger partial charge is 0.271 e. The maximum Gasteiger partial charge on any atom is 0.271 e. The number of nitrogens with zero attached hydrogens (tertiary/aromatic N) is 2. The minimum atomic E-state index is -0.266. The van der Waals surface area contributed by atoms with Gasteiger partial charge in [-0.15, -0.1) is 11.8 Å². The van der Waals surface area contributed by atoms with E-state index in [-0.39, 0.29) is 17.2 Å². The van der Waals surface area contributed by atoms with Gasteiger partial charge in [0.25, 0.3) is 5.91 Å². The van der Waals surface area contributed by atoms with Crippen LogP contribution in [0.5, 0.6) is 0 Å². The van der Waals surface area contributed by atoms with E-state index in [1.54, 1.807) is 23.9 Å². The summed E-state index contributed by atoms with van der Waals surface area (Å²) in [5.41, 5.74) is 6.95. The number of thioether (sulfide) groups is 1. The number of rotatable bonds is 6. The molecule has 1 aliphatic rings. The highest BCUT2D eigenvalue weighted by Crippen LogP contribution is 2.39. The van der Waals surface area contributed by atoms with Crippen molar-refractivity contribution >= 4 is 29.3 Å². The molecule has 0 aliphatic carbocycles. The molecule has 1 saturated heterocycles. The fraction of sp³-hybridized carbons (Fsp3) is 0.160. The molecule has 3 aromatic carbocycles. The molecule has 1 aliphatic heterocycles. The predicted octanol–water partition coefficient (Wildman–Crippen LogP) is 4.61. The van der Waals surface area contributed by atoms with Gasteiger partial charge in [0.05, 0.1) is 11.5 Å². The maximum absolute atomic E-state index is 12.5. The minimum Gasteiger partial charge on any atom is -0.322 e. The second-order valence-corrected chi connectivity index (χ2v) is 8.37. The molecule has 0 radical (unpaired) electrons. The lowest BCUT2D eigenvalue weighted by atomic mass is 10.1. The highest BCUT2D eigenvalue weighted by atomic mass is 32.2. The van der Waals surface area contributed by atoms with Gasteiger partial charge < -0.3 is 4.90 Å². The number of carbonyl (C=O) groups excluding carboxylic acids is 2. The maximum atomic E-state index is 12.5. The lowest BCUT2D eigenvalue weighted by molar-refractivity contribution is -0.128. The summed E-state index contributed by atoms with van der Waals surface area (Å²) in [6.07, 6.45) is 0. The number of nitrogens with one attached hydrogen (secondary N) is 1. The van der Waals surface area contributed by atoms with E-state index in [4.69, 9.17) is 0 Å². The lowest BCUT2D eigenvalue weighted by Crippen LogP contribution is -2.27. The van der Waals surface area contributed by atoms with Gasteiger partial charge in [0.2, 0.25) is 5.91 Å². The Balaban J connectivity index is 1.43. The molecule has 2 amide bonds. The van der Waals surface area contributed by atoms with Gasteiger partial charge in [-0.3, -0.25) is 9.59 Å². The second kappa shape index (κ2) is 9.62. The molecule has 1 atom stereocenters. The number of carbonyl (C=O) groups is 2. The zero-order valence-corrected chi connectivity index (χ0v) is 18.0. The largest absolute Gasteiger partial charge is 0.322 e. The summed E-state index contributed by atoms with van der Waals surface area (Å²) in [4.78, 5) is 26.8. The Morgan fingerprint density at radius 2 is 1.61 bits per heavy atom. The van der Waals surface area contributed by atoms with Gasteiger partial charge in [0.15, 0.2) is 0 Å². The van der Waals surface area contributed by atoms with Gasteiger partial charge in [-0.25, -0.2) is 5.43 Å². The van der Waals surface area contributed by atoms with E-state index in [0.29, 0.717) is 17.9 Å². The second-order valence-electron chi connectivity index (χ2n) is 7.30. The Kier molecular flexibility index (Phi) is 6.48. The molecule has 1 heterocycles. The summed E-state index contributed by atoms with van der Waals surface area (Å²) < 4.78 is 0. The van der Waals surface area contributed by atoms with Crippen LogP contribution in [-0.4, -0.2) is 28.2 Å². The van der Waals surface area contributed by atoms with Crippen LogP contribution in [-0.2, 0) is 11.3 Å². The molecule has 0 unspecified atom stereocenters. The predicted molar refractivity (Wildman–Crippen MR) is 125 cm³/mol. The van der Waals surface area contributed by atoms with Crippen LogP contribution in [0.3, 0.4) is 0 Å². The molecule has 0 bridgehead atoms. The summed E-state index contributed by atoms with van der Waals surface area (Å²) in [6.45, 7) is 2.43. The minimum absolute atomic E-state index is 0.0526. The number of benzene rings is 3. The van der Waals surface area contributed by atoms with Crippen molar-refractivity contribution < 1.29 is 9.59 Å². The van der Waals surface area contributed by atoms with Gasteiger partial charge in [-0.05, 0) is 35.7 Å².